The van der Waals surface area contributed by atoms with Crippen molar-refractivity contribution in [3.8, 4) is 5.75 Å². The first-order valence-corrected chi connectivity index (χ1v) is 13.9. The van der Waals surface area contributed by atoms with Crippen LogP contribution in [-0.4, -0.2) is 64.6 Å². The maximum Gasteiger partial charge on any atom is 0.423 e. The number of aliphatic hydroxyl groups excluding tert-OH is 3. The minimum Gasteiger partial charge on any atom is -0.489 e. The Morgan fingerprint density at radius 3 is 2.51 bits per heavy atom. The molecule has 41 heavy (non-hydrogen) atoms. The van der Waals surface area contributed by atoms with Gasteiger partial charge in [0.1, 0.15) is 30.5 Å². The number of para-hydroxylation sites is 1. The molecule has 0 radical (unpaired) electrons. The minimum atomic E-state index is -1.06. The Morgan fingerprint density at radius 2 is 1.88 bits per heavy atom. The van der Waals surface area contributed by atoms with Crippen molar-refractivity contribution in [2.45, 2.75) is 51.7 Å². The maximum absolute atomic E-state index is 13.3. The van der Waals surface area contributed by atoms with Gasteiger partial charge in [-0.2, -0.15) is 4.90 Å². The number of aliphatic hydroxyl groups is 3. The summed E-state index contributed by atoms with van der Waals surface area (Å²) in [6.07, 6.45) is 2.34. The first-order chi connectivity index (χ1) is 19.8. The topological polar surface area (TPSA) is 147 Å². The summed E-state index contributed by atoms with van der Waals surface area (Å²) in [6.45, 7) is 1.40. The van der Waals surface area contributed by atoms with Gasteiger partial charge in [0.15, 0.2) is 0 Å². The summed E-state index contributed by atoms with van der Waals surface area (Å²) < 4.78 is 16.3. The lowest BCUT2D eigenvalue weighted by Crippen LogP contribution is -2.40. The number of rotatable bonds is 12. The van der Waals surface area contributed by atoms with Gasteiger partial charge in [0.05, 0.1) is 31.7 Å². The largest absolute Gasteiger partial charge is 0.489 e. The van der Waals surface area contributed by atoms with Crippen molar-refractivity contribution in [3.05, 3.63) is 70.7 Å². The van der Waals surface area contributed by atoms with E-state index in [1.165, 1.54) is 0 Å². The van der Waals surface area contributed by atoms with Crippen molar-refractivity contribution in [1.29, 1.82) is 0 Å². The number of hydrogen-bond acceptors (Lipinski definition) is 9. The van der Waals surface area contributed by atoms with Crippen LogP contribution in [0.15, 0.2) is 63.6 Å². The number of hydrogen-bond donors (Lipinski definition) is 3. The van der Waals surface area contributed by atoms with Gasteiger partial charge < -0.3 is 29.2 Å². The summed E-state index contributed by atoms with van der Waals surface area (Å²) in [4.78, 5) is 39.2. The third-order valence-corrected chi connectivity index (χ3v) is 7.75. The van der Waals surface area contributed by atoms with Crippen LogP contribution in [0.4, 0.5) is 4.79 Å². The predicted octanol–water partition coefficient (Wildman–Crippen LogP) is 3.85. The molecule has 10 heteroatoms. The van der Waals surface area contributed by atoms with E-state index in [0.717, 1.165) is 25.5 Å². The normalized spacial score (nSPS) is 21.7. The lowest BCUT2D eigenvalue weighted by Gasteiger charge is -2.36. The molecule has 220 valence electrons. The zero-order valence-electron chi connectivity index (χ0n) is 23.3. The number of ether oxygens (including phenoxy) is 2. The van der Waals surface area contributed by atoms with E-state index in [2.05, 4.69) is 4.74 Å². The Hall–Kier alpha value is -3.73. The molecule has 0 unspecified atom stereocenters. The molecule has 2 heterocycles. The first kappa shape index (κ1) is 30.2. The minimum absolute atomic E-state index is 0.0454. The second-order valence-corrected chi connectivity index (χ2v) is 10.3. The number of likely N-dealkylation sites (tertiary alicyclic amines) is 1. The number of nitrogens with zero attached hydrogens (tertiary/aromatic N) is 1. The Bertz CT molecular complexity index is 1300. The van der Waals surface area contributed by atoms with E-state index in [4.69, 9.17) is 9.15 Å². The molecule has 1 aromatic carbocycles. The van der Waals surface area contributed by atoms with Gasteiger partial charge in [0.2, 0.25) is 11.8 Å². The van der Waals surface area contributed by atoms with Gasteiger partial charge in [-0.1, -0.05) is 37.1 Å². The molecule has 0 bridgehead atoms. The van der Waals surface area contributed by atoms with Crippen LogP contribution in [0, 0.1) is 17.8 Å². The van der Waals surface area contributed by atoms with Crippen LogP contribution < -0.4 is 4.74 Å². The van der Waals surface area contributed by atoms with E-state index >= 15 is 0 Å². The average Bonchev–Trinajstić information content (AvgIpc) is 3.55. The number of carbonyl (C=O) groups is 3. The van der Waals surface area contributed by atoms with E-state index in [1.807, 2.05) is 31.2 Å². The van der Waals surface area contributed by atoms with Crippen LogP contribution in [-0.2, 0) is 20.9 Å². The van der Waals surface area contributed by atoms with Crippen LogP contribution in [0.5, 0.6) is 5.75 Å². The van der Waals surface area contributed by atoms with Crippen molar-refractivity contribution in [2.75, 3.05) is 20.3 Å². The highest BCUT2D eigenvalue weighted by Gasteiger charge is 2.57. The Kier molecular flexibility index (Phi) is 10.1. The highest BCUT2D eigenvalue weighted by Crippen LogP contribution is 2.46. The summed E-state index contributed by atoms with van der Waals surface area (Å²) in [7, 11) is 1.09. The van der Waals surface area contributed by atoms with Crippen LogP contribution in [0.3, 0.4) is 0 Å². The van der Waals surface area contributed by atoms with Crippen molar-refractivity contribution in [2.24, 2.45) is 17.8 Å². The van der Waals surface area contributed by atoms with E-state index in [-0.39, 0.29) is 19.6 Å². The molecular formula is C31H37NO9. The third kappa shape index (κ3) is 6.61. The fraction of sp³-hybridized carbons (Fsp3) is 0.452. The predicted molar refractivity (Wildman–Crippen MR) is 148 cm³/mol. The number of methoxy groups -OCH3 is 1. The smallest absolute Gasteiger partial charge is 0.423 e. The van der Waals surface area contributed by atoms with E-state index in [1.54, 1.807) is 24.3 Å². The average molecular weight is 568 g/mol. The molecule has 0 saturated carbocycles. The van der Waals surface area contributed by atoms with Crippen LogP contribution >= 0.6 is 0 Å². The quantitative estimate of drug-likeness (QED) is 0.257. The number of amides is 3. The van der Waals surface area contributed by atoms with Gasteiger partial charge in [-0.25, -0.2) is 4.79 Å². The van der Waals surface area contributed by atoms with Gasteiger partial charge in [0, 0.05) is 5.92 Å². The Balaban J connectivity index is 1.63. The first-order valence-electron chi connectivity index (χ1n) is 13.9. The van der Waals surface area contributed by atoms with E-state index in [9.17, 15) is 29.7 Å². The third-order valence-electron chi connectivity index (χ3n) is 7.75. The monoisotopic (exact) mass is 567 g/mol. The van der Waals surface area contributed by atoms with Crippen LogP contribution in [0.2, 0.25) is 0 Å². The zero-order valence-corrected chi connectivity index (χ0v) is 23.3. The molecule has 1 aliphatic carbocycles. The zero-order chi connectivity index (χ0) is 29.5. The molecule has 2 aromatic rings. The van der Waals surface area contributed by atoms with Crippen molar-refractivity contribution in [1.82, 2.24) is 4.90 Å². The molecule has 1 fully saturated rings. The number of furan rings is 1. The fourth-order valence-corrected chi connectivity index (χ4v) is 5.88. The van der Waals surface area contributed by atoms with Gasteiger partial charge >= 0.3 is 6.09 Å². The molecule has 3 amide bonds. The Morgan fingerprint density at radius 1 is 1.12 bits per heavy atom. The van der Waals surface area contributed by atoms with E-state index in [0.29, 0.717) is 46.2 Å². The second-order valence-electron chi connectivity index (χ2n) is 10.3. The fourth-order valence-electron chi connectivity index (χ4n) is 5.88. The summed E-state index contributed by atoms with van der Waals surface area (Å²) in [6, 6.07) is 12.6. The van der Waals surface area contributed by atoms with Gasteiger partial charge in [-0.3, -0.25) is 9.59 Å². The van der Waals surface area contributed by atoms with Gasteiger partial charge in [-0.05, 0) is 67.2 Å². The van der Waals surface area contributed by atoms with E-state index < -0.39 is 48.4 Å². The molecule has 1 saturated heterocycles. The molecule has 10 nitrogen and oxygen atoms in total. The van der Waals surface area contributed by atoms with Crippen molar-refractivity contribution < 1.29 is 43.6 Å². The molecule has 4 atom stereocenters. The van der Waals surface area contributed by atoms with Crippen LogP contribution in [0.1, 0.15) is 50.5 Å². The number of imide groups is 3. The summed E-state index contributed by atoms with van der Waals surface area (Å²) in [5.74, 6) is -2.50. The molecule has 2 aliphatic rings. The lowest BCUT2D eigenvalue weighted by molar-refractivity contribution is -0.137. The number of allylic oxidation sites excluding steroid dienone is 1. The highest BCUT2D eigenvalue weighted by atomic mass is 16.5. The van der Waals surface area contributed by atoms with Crippen molar-refractivity contribution >= 4 is 24.0 Å². The van der Waals surface area contributed by atoms with Gasteiger partial charge in [0.25, 0.3) is 0 Å². The molecule has 0 spiro atoms. The van der Waals surface area contributed by atoms with Crippen LogP contribution in [0.25, 0.3) is 6.08 Å². The summed E-state index contributed by atoms with van der Waals surface area (Å²) >= 11 is 0. The maximum atomic E-state index is 13.3. The molecule has 4 rings (SSSR count). The molecular weight excluding hydrogens is 530 g/mol. The lowest BCUT2D eigenvalue weighted by atomic mass is 9.68. The number of carbonyl (C=O) groups excluding carboxylic acids is 3. The van der Waals surface area contributed by atoms with Gasteiger partial charge in [-0.15, -0.1) is 0 Å². The second kappa shape index (κ2) is 13.8. The number of fused-ring (bicyclic) bond motifs is 1. The SMILES string of the molecule is CCC/C(=C\c1ccc(CO)o1)CC[C@@H](O)C1=C(COc2ccccc2)C[C@H]2C(=O)N(C(=O)OC)C(=O)[C@H]2[C@H]1CO. The van der Waals surface area contributed by atoms with Crippen molar-refractivity contribution in [3.63, 3.8) is 0 Å². The molecule has 1 aliphatic heterocycles. The number of benzene rings is 1. The Labute approximate surface area is 238 Å². The summed E-state index contributed by atoms with van der Waals surface area (Å²) in [5, 5.41) is 31.4. The summed E-state index contributed by atoms with van der Waals surface area (Å²) in [5.41, 5.74) is 2.12. The standard InChI is InChI=1S/C31H37NO9/c1-3-7-19(14-22-11-12-23(16-33)41-22)10-13-26(35)27-20(18-40-21-8-5-4-6-9-21)15-24-28(25(27)17-34)30(37)32(29(24)36)31(38)39-2/h4-6,8-9,11-12,14,24-26,28,33-35H,3,7,10,13,15-18H2,1-2H3/b19-14+/t24-,25+,26-,28-/m1/s1. The highest BCUT2D eigenvalue weighted by molar-refractivity contribution is 6.16. The molecule has 3 N–H and O–H groups in total. The molecule has 1 aromatic heterocycles.